The molecule has 0 radical (unpaired) electrons. The van der Waals surface area contributed by atoms with Gasteiger partial charge in [0.05, 0.1) is 12.3 Å². The first kappa shape index (κ1) is 30.7. The van der Waals surface area contributed by atoms with Crippen molar-refractivity contribution in [3.05, 3.63) is 39.9 Å². The summed E-state index contributed by atoms with van der Waals surface area (Å²) in [6.45, 7) is 11.1. The molecule has 0 saturated heterocycles. The van der Waals surface area contributed by atoms with Crippen LogP contribution in [0.3, 0.4) is 0 Å². The minimum absolute atomic E-state index is 0.0275. The van der Waals surface area contributed by atoms with Crippen molar-refractivity contribution in [1.29, 1.82) is 0 Å². The molecule has 228 valence electrons. The molecular formula is C33H46N4O4S. The van der Waals surface area contributed by atoms with Gasteiger partial charge in [0.2, 0.25) is 5.91 Å². The predicted octanol–water partition coefficient (Wildman–Crippen LogP) is 6.38. The summed E-state index contributed by atoms with van der Waals surface area (Å²) in [5.41, 5.74) is 4.76. The smallest absolute Gasteiger partial charge is 0.325 e. The molecule has 8 nitrogen and oxygen atoms in total. The number of thiazole rings is 1. The van der Waals surface area contributed by atoms with Crippen LogP contribution >= 0.6 is 11.3 Å². The van der Waals surface area contributed by atoms with Crippen LogP contribution in [0.1, 0.15) is 93.7 Å². The summed E-state index contributed by atoms with van der Waals surface area (Å²) in [7, 11) is 3.39. The zero-order valence-electron chi connectivity index (χ0n) is 26.1. The number of rotatable bonds is 8. The Hall–Kier alpha value is -2.78. The number of ether oxygens (including phenoxy) is 1. The molecule has 1 aromatic heterocycles. The molecule has 2 aromatic rings. The molecule has 2 fully saturated rings. The molecule has 5 atom stereocenters. The molecular weight excluding hydrogens is 548 g/mol. The van der Waals surface area contributed by atoms with Gasteiger partial charge in [-0.2, -0.15) is 0 Å². The first-order chi connectivity index (χ1) is 19.9. The summed E-state index contributed by atoms with van der Waals surface area (Å²) in [5, 5.41) is 11.1. The minimum Gasteiger partial charge on any atom is -0.425 e. The Morgan fingerprint density at radius 3 is 2.69 bits per heavy atom. The van der Waals surface area contributed by atoms with Gasteiger partial charge < -0.3 is 20.2 Å². The summed E-state index contributed by atoms with van der Waals surface area (Å²) in [4.78, 5) is 36.1. The van der Waals surface area contributed by atoms with Crippen LogP contribution in [0.4, 0.5) is 5.13 Å². The van der Waals surface area contributed by atoms with Crippen LogP contribution in [0.2, 0.25) is 0 Å². The van der Waals surface area contributed by atoms with Crippen LogP contribution < -0.4 is 15.4 Å². The second-order valence-corrected chi connectivity index (χ2v) is 14.9. The van der Waals surface area contributed by atoms with Gasteiger partial charge in [-0.15, -0.1) is 11.3 Å². The van der Waals surface area contributed by atoms with E-state index in [9.17, 15) is 9.59 Å². The van der Waals surface area contributed by atoms with Gasteiger partial charge in [0.1, 0.15) is 12.9 Å². The lowest BCUT2D eigenvalue weighted by atomic mass is 9.53. The third-order valence-electron chi connectivity index (χ3n) is 9.86. The summed E-state index contributed by atoms with van der Waals surface area (Å²) in [6, 6.07) is 4.48. The van der Waals surface area contributed by atoms with Gasteiger partial charge in [-0.05, 0) is 98.8 Å². The Kier molecular flexibility index (Phi) is 8.82. The van der Waals surface area contributed by atoms with E-state index in [1.165, 1.54) is 22.5 Å². The first-order valence-electron chi connectivity index (χ1n) is 15.3. The lowest BCUT2D eigenvalue weighted by molar-refractivity contribution is -0.133. The van der Waals surface area contributed by atoms with Gasteiger partial charge in [-0.1, -0.05) is 38.9 Å². The molecule has 0 aliphatic heterocycles. The van der Waals surface area contributed by atoms with E-state index in [-0.39, 0.29) is 29.3 Å². The van der Waals surface area contributed by atoms with E-state index in [1.54, 1.807) is 20.4 Å². The average molecular weight is 595 g/mol. The number of carbonyl (C=O) groups excluding carboxylic acids is 2. The lowest BCUT2D eigenvalue weighted by Gasteiger charge is -2.50. The highest BCUT2D eigenvalue weighted by atomic mass is 32.1. The van der Waals surface area contributed by atoms with Crippen molar-refractivity contribution in [2.75, 3.05) is 26.0 Å². The van der Waals surface area contributed by atoms with Crippen LogP contribution in [-0.2, 0) is 26.3 Å². The van der Waals surface area contributed by atoms with Crippen molar-refractivity contribution in [2.24, 2.45) is 28.3 Å². The number of amides is 1. The number of anilines is 1. The Bertz CT molecular complexity index is 1360. The van der Waals surface area contributed by atoms with E-state index in [1.807, 2.05) is 6.92 Å². The Balaban J connectivity index is 1.43. The molecule has 3 aliphatic rings. The van der Waals surface area contributed by atoms with E-state index in [4.69, 9.17) is 9.57 Å². The number of hydrogen-bond donors (Lipinski definition) is 2. The fraction of sp³-hybridized carbons (Fsp3) is 0.636. The molecule has 2 N–H and O–H groups in total. The van der Waals surface area contributed by atoms with E-state index < -0.39 is 0 Å². The minimum atomic E-state index is -0.266. The highest BCUT2D eigenvalue weighted by Gasteiger charge is 2.57. The van der Waals surface area contributed by atoms with E-state index in [0.29, 0.717) is 41.0 Å². The zero-order valence-corrected chi connectivity index (χ0v) is 27.0. The van der Waals surface area contributed by atoms with Gasteiger partial charge in [0.25, 0.3) is 0 Å². The first-order valence-corrected chi connectivity index (χ1v) is 16.1. The Morgan fingerprint density at radius 1 is 1.24 bits per heavy atom. The number of hydrogen-bond acceptors (Lipinski definition) is 8. The highest BCUT2D eigenvalue weighted by Crippen LogP contribution is 2.63. The van der Waals surface area contributed by atoms with Crippen LogP contribution in [0.5, 0.6) is 5.75 Å². The van der Waals surface area contributed by atoms with Crippen LogP contribution in [0.25, 0.3) is 0 Å². The third-order valence-corrected chi connectivity index (χ3v) is 10.7. The average Bonchev–Trinajstić information content (AvgIpc) is 3.46. The number of carbonyl (C=O) groups is 2. The fourth-order valence-electron chi connectivity index (χ4n) is 8.08. The predicted molar refractivity (Wildman–Crippen MR) is 167 cm³/mol. The standard InChI is InChI=1S/C33H46N4O4S/c1-19-17-35-31(42-19)36-28(38)11-9-21-15-27(37-40-7)33(5)13-12-22-23(30(21)33)10-8-20-14-26(41-29(39)18-34-6)25(16-24(20)22)32(2,3)4/h14,16-17,21-23,30,34H,8-13,15,18H2,1-7H3,(H,35,36,38)/t21-,22?,23?,30?,33-/m1/s1. The normalized spacial score (nSPS) is 27.6. The monoisotopic (exact) mass is 594 g/mol. The van der Waals surface area contributed by atoms with E-state index >= 15 is 0 Å². The molecule has 1 heterocycles. The van der Waals surface area contributed by atoms with E-state index in [0.717, 1.165) is 54.7 Å². The molecule has 3 unspecified atom stereocenters. The topological polar surface area (TPSA) is 102 Å². The van der Waals surface area contributed by atoms with Crippen molar-refractivity contribution < 1.29 is 19.2 Å². The van der Waals surface area contributed by atoms with Crippen LogP contribution in [-0.4, -0.2) is 43.3 Å². The number of nitrogens with zero attached hydrogens (tertiary/aromatic N) is 2. The molecule has 2 saturated carbocycles. The maximum Gasteiger partial charge on any atom is 0.325 e. The molecule has 3 aliphatic carbocycles. The van der Waals surface area contributed by atoms with Gasteiger partial charge >= 0.3 is 5.97 Å². The molecule has 5 rings (SSSR count). The molecule has 0 bridgehead atoms. The second-order valence-electron chi connectivity index (χ2n) is 13.6. The van der Waals surface area contributed by atoms with E-state index in [2.05, 4.69) is 60.6 Å². The molecule has 1 amide bonds. The fourth-order valence-corrected chi connectivity index (χ4v) is 8.76. The maximum atomic E-state index is 12.9. The quantitative estimate of drug-likeness (QED) is 0.209. The molecule has 1 aromatic carbocycles. The van der Waals surface area contributed by atoms with Gasteiger partial charge in [0, 0.05) is 28.5 Å². The maximum absolute atomic E-state index is 12.9. The molecule has 0 spiro atoms. The highest BCUT2D eigenvalue weighted by molar-refractivity contribution is 7.15. The summed E-state index contributed by atoms with van der Waals surface area (Å²) in [5.74, 6) is 2.19. The number of fused-ring (bicyclic) bond motifs is 5. The summed E-state index contributed by atoms with van der Waals surface area (Å²) >= 11 is 1.51. The summed E-state index contributed by atoms with van der Waals surface area (Å²) < 4.78 is 5.88. The van der Waals surface area contributed by atoms with Crippen molar-refractivity contribution in [3.8, 4) is 5.75 Å². The number of aryl methyl sites for hydroxylation is 2. The zero-order chi connectivity index (χ0) is 30.2. The molecule has 9 heteroatoms. The van der Waals surface area contributed by atoms with Crippen LogP contribution in [0.15, 0.2) is 23.5 Å². The summed E-state index contributed by atoms with van der Waals surface area (Å²) in [6.07, 6.45) is 8.14. The van der Waals surface area contributed by atoms with Gasteiger partial charge in [-0.3, -0.25) is 9.59 Å². The number of benzene rings is 1. The number of nitrogens with one attached hydrogen (secondary N) is 2. The van der Waals surface area contributed by atoms with Gasteiger partial charge in [-0.25, -0.2) is 4.98 Å². The largest absolute Gasteiger partial charge is 0.425 e. The van der Waals surface area contributed by atoms with Crippen LogP contribution in [0, 0.1) is 30.1 Å². The van der Waals surface area contributed by atoms with Crippen molar-refractivity contribution in [2.45, 2.75) is 90.9 Å². The third kappa shape index (κ3) is 6.00. The lowest BCUT2D eigenvalue weighted by Crippen LogP contribution is -2.44. The Morgan fingerprint density at radius 2 is 2.02 bits per heavy atom. The number of aromatic nitrogens is 1. The number of oxime groups is 1. The molecule has 42 heavy (non-hydrogen) atoms. The van der Waals surface area contributed by atoms with Crippen molar-refractivity contribution in [1.82, 2.24) is 10.3 Å². The second kappa shape index (κ2) is 12.1. The number of likely N-dealkylation sites (N-methyl/N-ethyl adjacent to an activating group) is 1. The Labute approximate surface area is 254 Å². The van der Waals surface area contributed by atoms with Gasteiger partial charge in [0.15, 0.2) is 5.13 Å². The van der Waals surface area contributed by atoms with Crippen molar-refractivity contribution >= 4 is 34.1 Å². The number of esters is 1. The SMILES string of the molecule is CNCC(=O)Oc1cc2c(cc1C(C)(C)C)C1CC[C@]3(C)C(=NOC)C[C@@H](CCC(=O)Nc4ncc(C)s4)C3C1CC2. The van der Waals surface area contributed by atoms with Crippen molar-refractivity contribution in [3.63, 3.8) is 0 Å².